The third kappa shape index (κ3) is 3.72. The third-order valence-corrected chi connectivity index (χ3v) is 5.80. The highest BCUT2D eigenvalue weighted by molar-refractivity contribution is 5.79. The van der Waals surface area contributed by atoms with Crippen LogP contribution >= 0.6 is 0 Å². The van der Waals surface area contributed by atoms with Gasteiger partial charge in [-0.25, -0.2) is 4.39 Å². The summed E-state index contributed by atoms with van der Waals surface area (Å²) in [6.07, 6.45) is 4.95. The highest BCUT2D eigenvalue weighted by Gasteiger charge is 2.37. The monoisotopic (exact) mass is 334 g/mol. The summed E-state index contributed by atoms with van der Waals surface area (Å²) in [5, 5.41) is 0. The van der Waals surface area contributed by atoms with Crippen molar-refractivity contribution in [3.8, 4) is 5.75 Å². The SMILES string of the molecule is COc1ccc(CC(=O)N2CCC3(CCN(C)CC3)CC2)cc1F. The van der Waals surface area contributed by atoms with Crippen LogP contribution in [0.25, 0.3) is 0 Å². The van der Waals surface area contributed by atoms with Crippen molar-refractivity contribution in [3.05, 3.63) is 29.6 Å². The molecule has 3 rings (SSSR count). The predicted molar refractivity (Wildman–Crippen MR) is 91.6 cm³/mol. The number of benzene rings is 1. The van der Waals surface area contributed by atoms with Crippen LogP contribution in [0.3, 0.4) is 0 Å². The lowest BCUT2D eigenvalue weighted by molar-refractivity contribution is -0.133. The van der Waals surface area contributed by atoms with Crippen LogP contribution in [0, 0.1) is 11.2 Å². The van der Waals surface area contributed by atoms with E-state index in [1.165, 1.54) is 39.1 Å². The van der Waals surface area contributed by atoms with E-state index in [0.29, 0.717) is 11.0 Å². The molecule has 0 atom stereocenters. The molecule has 2 saturated heterocycles. The van der Waals surface area contributed by atoms with E-state index in [1.807, 2.05) is 4.90 Å². The molecule has 5 heteroatoms. The fraction of sp³-hybridized carbons (Fsp3) is 0.632. The molecule has 0 N–H and O–H groups in total. The number of amides is 1. The standard InChI is InChI=1S/C19H27FN2O2/c1-21-9-5-19(6-10-21)7-11-22(12-8-19)18(23)14-15-3-4-17(24-2)16(20)13-15/h3-4,13H,5-12,14H2,1-2H3. The summed E-state index contributed by atoms with van der Waals surface area (Å²) < 4.78 is 18.7. The second-order valence-corrected chi connectivity index (χ2v) is 7.33. The molecular formula is C19H27FN2O2. The summed E-state index contributed by atoms with van der Waals surface area (Å²) in [6.45, 7) is 4.00. The fourth-order valence-electron chi connectivity index (χ4n) is 3.93. The van der Waals surface area contributed by atoms with Crippen molar-refractivity contribution < 1.29 is 13.9 Å². The van der Waals surface area contributed by atoms with E-state index in [-0.39, 0.29) is 18.1 Å². The number of hydrogen-bond acceptors (Lipinski definition) is 3. The van der Waals surface area contributed by atoms with Gasteiger partial charge in [-0.3, -0.25) is 4.79 Å². The Morgan fingerprint density at radius 3 is 2.38 bits per heavy atom. The number of likely N-dealkylation sites (tertiary alicyclic amines) is 2. The summed E-state index contributed by atoms with van der Waals surface area (Å²) in [7, 11) is 3.62. The average Bonchev–Trinajstić information content (AvgIpc) is 2.58. The Bertz CT molecular complexity index is 587. The summed E-state index contributed by atoms with van der Waals surface area (Å²) >= 11 is 0. The van der Waals surface area contributed by atoms with E-state index in [0.717, 1.165) is 25.9 Å². The van der Waals surface area contributed by atoms with E-state index < -0.39 is 5.82 Å². The molecule has 1 amide bonds. The van der Waals surface area contributed by atoms with Gasteiger partial charge in [0.2, 0.25) is 5.91 Å². The summed E-state index contributed by atoms with van der Waals surface area (Å²) in [6, 6.07) is 4.75. The zero-order valence-electron chi connectivity index (χ0n) is 14.7. The molecule has 1 aromatic carbocycles. The first-order valence-corrected chi connectivity index (χ1v) is 8.80. The molecule has 2 aliphatic rings. The van der Waals surface area contributed by atoms with E-state index in [4.69, 9.17) is 4.74 Å². The minimum absolute atomic E-state index is 0.0994. The van der Waals surface area contributed by atoms with Gasteiger partial charge in [0.25, 0.3) is 0 Å². The molecule has 2 heterocycles. The quantitative estimate of drug-likeness (QED) is 0.852. The van der Waals surface area contributed by atoms with Crippen molar-refractivity contribution in [2.24, 2.45) is 5.41 Å². The number of piperidine rings is 2. The normalized spacial score (nSPS) is 21.0. The van der Waals surface area contributed by atoms with Gasteiger partial charge in [0.15, 0.2) is 11.6 Å². The molecule has 132 valence electrons. The van der Waals surface area contributed by atoms with E-state index in [9.17, 15) is 9.18 Å². The molecule has 0 aromatic heterocycles. The van der Waals surface area contributed by atoms with Crippen molar-refractivity contribution in [3.63, 3.8) is 0 Å². The topological polar surface area (TPSA) is 32.8 Å². The minimum Gasteiger partial charge on any atom is -0.494 e. The lowest BCUT2D eigenvalue weighted by Gasteiger charge is -2.46. The Labute approximate surface area is 143 Å². The van der Waals surface area contributed by atoms with Gasteiger partial charge >= 0.3 is 0 Å². The molecule has 24 heavy (non-hydrogen) atoms. The van der Waals surface area contributed by atoms with Gasteiger partial charge in [0.05, 0.1) is 13.5 Å². The zero-order chi connectivity index (χ0) is 17.2. The van der Waals surface area contributed by atoms with Crippen molar-refractivity contribution in [2.75, 3.05) is 40.3 Å². The lowest BCUT2D eigenvalue weighted by atomic mass is 9.71. The van der Waals surface area contributed by atoms with Gasteiger partial charge in [-0.15, -0.1) is 0 Å². The van der Waals surface area contributed by atoms with Crippen LogP contribution in [0.15, 0.2) is 18.2 Å². The lowest BCUT2D eigenvalue weighted by Crippen LogP contribution is -2.47. The number of rotatable bonds is 3. The fourth-order valence-corrected chi connectivity index (χ4v) is 3.93. The van der Waals surface area contributed by atoms with Crippen molar-refractivity contribution in [2.45, 2.75) is 32.1 Å². The molecule has 2 fully saturated rings. The van der Waals surface area contributed by atoms with E-state index >= 15 is 0 Å². The average molecular weight is 334 g/mol. The highest BCUT2D eigenvalue weighted by atomic mass is 19.1. The van der Waals surface area contributed by atoms with Crippen molar-refractivity contribution in [1.82, 2.24) is 9.80 Å². The molecule has 1 spiro atoms. The van der Waals surface area contributed by atoms with Crippen molar-refractivity contribution >= 4 is 5.91 Å². The van der Waals surface area contributed by atoms with Crippen LogP contribution in [0.4, 0.5) is 4.39 Å². The molecule has 2 aliphatic heterocycles. The largest absolute Gasteiger partial charge is 0.494 e. The maximum absolute atomic E-state index is 13.8. The Hall–Kier alpha value is -1.62. The number of nitrogens with zero attached hydrogens (tertiary/aromatic N) is 2. The van der Waals surface area contributed by atoms with Gasteiger partial charge in [-0.1, -0.05) is 6.07 Å². The second-order valence-electron chi connectivity index (χ2n) is 7.33. The highest BCUT2D eigenvalue weighted by Crippen LogP contribution is 2.41. The van der Waals surface area contributed by atoms with E-state index in [1.54, 1.807) is 12.1 Å². The van der Waals surface area contributed by atoms with Gasteiger partial charge < -0.3 is 14.5 Å². The number of hydrogen-bond donors (Lipinski definition) is 0. The maximum atomic E-state index is 13.8. The Morgan fingerprint density at radius 1 is 1.17 bits per heavy atom. The summed E-state index contributed by atoms with van der Waals surface area (Å²) in [4.78, 5) is 16.9. The summed E-state index contributed by atoms with van der Waals surface area (Å²) in [5.41, 5.74) is 1.15. The molecule has 0 saturated carbocycles. The first-order chi connectivity index (χ1) is 11.5. The van der Waals surface area contributed by atoms with Gasteiger partial charge in [0, 0.05) is 13.1 Å². The van der Waals surface area contributed by atoms with E-state index in [2.05, 4.69) is 11.9 Å². The Kier molecular flexibility index (Phi) is 5.09. The first-order valence-electron chi connectivity index (χ1n) is 8.80. The molecule has 4 nitrogen and oxygen atoms in total. The molecule has 0 aliphatic carbocycles. The van der Waals surface area contributed by atoms with Crippen molar-refractivity contribution in [1.29, 1.82) is 0 Å². The third-order valence-electron chi connectivity index (χ3n) is 5.80. The molecule has 0 radical (unpaired) electrons. The smallest absolute Gasteiger partial charge is 0.226 e. The van der Waals surface area contributed by atoms with Crippen LogP contribution < -0.4 is 4.74 Å². The van der Waals surface area contributed by atoms with Crippen LogP contribution in [-0.4, -0.2) is 56.0 Å². The van der Waals surface area contributed by atoms with Crippen LogP contribution in [0.5, 0.6) is 5.75 Å². The number of carbonyl (C=O) groups is 1. The van der Waals surface area contributed by atoms with Gasteiger partial charge in [-0.2, -0.15) is 0 Å². The maximum Gasteiger partial charge on any atom is 0.226 e. The van der Waals surface area contributed by atoms with Gasteiger partial charge in [-0.05, 0) is 68.9 Å². The van der Waals surface area contributed by atoms with Crippen LogP contribution in [0.1, 0.15) is 31.2 Å². The first kappa shape index (κ1) is 17.2. The van der Waals surface area contributed by atoms with Gasteiger partial charge in [0.1, 0.15) is 0 Å². The molecular weight excluding hydrogens is 307 g/mol. The second kappa shape index (κ2) is 7.09. The molecule has 1 aromatic rings. The predicted octanol–water partition coefficient (Wildman–Crippen LogP) is 2.71. The summed E-state index contributed by atoms with van der Waals surface area (Å²) in [5.74, 6) is -0.0950. The van der Waals surface area contributed by atoms with Crippen LogP contribution in [0.2, 0.25) is 0 Å². The zero-order valence-corrected chi connectivity index (χ0v) is 14.7. The molecule has 0 unspecified atom stereocenters. The van der Waals surface area contributed by atoms with Crippen LogP contribution in [-0.2, 0) is 11.2 Å². The Morgan fingerprint density at radius 2 is 1.79 bits per heavy atom. The number of carbonyl (C=O) groups excluding carboxylic acids is 1. The number of ether oxygens (including phenoxy) is 1. The molecule has 0 bridgehead atoms. The minimum atomic E-state index is -0.410. The number of methoxy groups -OCH3 is 1. The number of halogens is 1. The Balaban J connectivity index is 1.54.